The summed E-state index contributed by atoms with van der Waals surface area (Å²) in [6.07, 6.45) is 4.76. The molecule has 2 rings (SSSR count). The molecule has 0 amide bonds. The number of alkyl halides is 1. The van der Waals surface area contributed by atoms with Crippen LogP contribution in [0.25, 0.3) is 0 Å². The molecule has 3 nitrogen and oxygen atoms in total. The number of aromatic nitrogens is 1. The van der Waals surface area contributed by atoms with Crippen LogP contribution in [0, 0.1) is 5.92 Å². The van der Waals surface area contributed by atoms with Crippen LogP contribution in [0.5, 0.6) is 0 Å². The number of rotatable bonds is 7. The lowest BCUT2D eigenvalue weighted by Gasteiger charge is -2.26. The zero-order valence-electron chi connectivity index (χ0n) is 11.6. The normalized spacial score (nSPS) is 20.1. The number of thiazole rings is 1. The molecule has 1 unspecified atom stereocenters. The molecular formula is C14H23ClN2OS. The topological polar surface area (TPSA) is 25.4 Å². The van der Waals surface area contributed by atoms with Crippen molar-refractivity contribution < 1.29 is 4.74 Å². The molecule has 0 aromatic carbocycles. The number of ether oxygens (including phenoxy) is 1. The van der Waals surface area contributed by atoms with Gasteiger partial charge in [0, 0.05) is 25.0 Å². The molecule has 108 valence electrons. The lowest BCUT2D eigenvalue weighted by Crippen LogP contribution is -2.31. The van der Waals surface area contributed by atoms with E-state index in [-0.39, 0.29) is 0 Å². The highest BCUT2D eigenvalue weighted by atomic mass is 35.5. The fourth-order valence-electron chi connectivity index (χ4n) is 2.51. The Morgan fingerprint density at radius 3 is 3.16 bits per heavy atom. The van der Waals surface area contributed by atoms with E-state index in [1.165, 1.54) is 24.3 Å². The average Bonchev–Trinajstić information content (AvgIpc) is 2.88. The molecule has 2 heterocycles. The molecule has 1 atom stereocenters. The Hall–Kier alpha value is -0.160. The molecule has 1 aliphatic heterocycles. The van der Waals surface area contributed by atoms with E-state index in [0.29, 0.717) is 5.88 Å². The Morgan fingerprint density at radius 1 is 1.58 bits per heavy atom. The zero-order chi connectivity index (χ0) is 13.5. The fourth-order valence-corrected chi connectivity index (χ4v) is 3.58. The van der Waals surface area contributed by atoms with E-state index in [1.807, 2.05) is 0 Å². The van der Waals surface area contributed by atoms with Crippen LogP contribution in [0.2, 0.25) is 0 Å². The molecule has 19 heavy (non-hydrogen) atoms. The van der Waals surface area contributed by atoms with Crippen molar-refractivity contribution in [1.82, 2.24) is 9.88 Å². The van der Waals surface area contributed by atoms with Crippen molar-refractivity contribution in [2.75, 3.05) is 33.4 Å². The van der Waals surface area contributed by atoms with Gasteiger partial charge in [0.05, 0.1) is 23.2 Å². The van der Waals surface area contributed by atoms with Crippen LogP contribution in [0.3, 0.4) is 0 Å². The van der Waals surface area contributed by atoms with Crippen molar-refractivity contribution in [2.24, 2.45) is 5.92 Å². The summed E-state index contributed by atoms with van der Waals surface area (Å²) in [5.41, 5.74) is 1.01. The monoisotopic (exact) mass is 302 g/mol. The van der Waals surface area contributed by atoms with E-state index in [2.05, 4.69) is 22.3 Å². The van der Waals surface area contributed by atoms with Gasteiger partial charge in [-0.25, -0.2) is 4.98 Å². The fraction of sp³-hybridized carbons (Fsp3) is 0.786. The summed E-state index contributed by atoms with van der Waals surface area (Å²) in [6, 6.07) is 0. The highest BCUT2D eigenvalue weighted by Crippen LogP contribution is 2.16. The van der Waals surface area contributed by atoms with Gasteiger partial charge in [-0.15, -0.1) is 22.9 Å². The first-order valence-corrected chi connectivity index (χ1v) is 8.45. The molecule has 0 saturated carbocycles. The maximum absolute atomic E-state index is 5.76. The van der Waals surface area contributed by atoms with Crippen LogP contribution in [0.4, 0.5) is 0 Å². The first kappa shape index (κ1) is 15.2. The summed E-state index contributed by atoms with van der Waals surface area (Å²) in [6.45, 7) is 4.18. The Bertz CT molecular complexity index is 366. The maximum atomic E-state index is 5.76. The van der Waals surface area contributed by atoms with Crippen LogP contribution in [-0.4, -0.2) is 43.2 Å². The predicted octanol–water partition coefficient (Wildman–Crippen LogP) is 3.17. The second-order valence-electron chi connectivity index (χ2n) is 5.32. The summed E-state index contributed by atoms with van der Waals surface area (Å²) < 4.78 is 5.52. The number of hydrogen-bond acceptors (Lipinski definition) is 4. The molecule has 1 aliphatic rings. The predicted molar refractivity (Wildman–Crippen MR) is 81.0 cm³/mol. The summed E-state index contributed by atoms with van der Waals surface area (Å²) in [7, 11) is 2.21. The van der Waals surface area contributed by atoms with Crippen molar-refractivity contribution in [1.29, 1.82) is 0 Å². The minimum absolute atomic E-state index is 0.526. The maximum Gasteiger partial charge on any atom is 0.0929 e. The lowest BCUT2D eigenvalue weighted by atomic mass is 10.0. The largest absolute Gasteiger partial charge is 0.381 e. The summed E-state index contributed by atoms with van der Waals surface area (Å²) in [5.74, 6) is 1.25. The minimum Gasteiger partial charge on any atom is -0.381 e. The molecule has 5 heteroatoms. The van der Waals surface area contributed by atoms with Crippen molar-refractivity contribution >= 4 is 22.9 Å². The molecular weight excluding hydrogens is 280 g/mol. The van der Waals surface area contributed by atoms with Gasteiger partial charge in [0.25, 0.3) is 0 Å². The first-order chi connectivity index (χ1) is 9.28. The molecule has 0 spiro atoms. The molecule has 1 aromatic rings. The Balaban J connectivity index is 1.61. The van der Waals surface area contributed by atoms with Crippen LogP contribution in [-0.2, 0) is 17.0 Å². The number of hydrogen-bond donors (Lipinski definition) is 0. The summed E-state index contributed by atoms with van der Waals surface area (Å²) in [4.78, 5) is 6.92. The van der Waals surface area contributed by atoms with Crippen LogP contribution >= 0.6 is 22.9 Å². The third-order valence-corrected chi connectivity index (χ3v) is 4.72. The van der Waals surface area contributed by atoms with Crippen molar-refractivity contribution in [3.05, 3.63) is 16.1 Å². The number of halogens is 1. The third-order valence-electron chi connectivity index (χ3n) is 3.49. The lowest BCUT2D eigenvalue weighted by molar-refractivity contribution is 0.0420. The minimum atomic E-state index is 0.526. The number of nitrogens with zero attached hydrogens (tertiary/aromatic N) is 2. The van der Waals surface area contributed by atoms with Crippen molar-refractivity contribution in [2.45, 2.75) is 31.6 Å². The van der Waals surface area contributed by atoms with Gasteiger partial charge >= 0.3 is 0 Å². The average molecular weight is 303 g/mol. The Morgan fingerprint density at radius 2 is 2.47 bits per heavy atom. The SMILES string of the molecule is CN(CCCc1nc(CCl)cs1)CC1CCCOC1. The van der Waals surface area contributed by atoms with Gasteiger partial charge < -0.3 is 9.64 Å². The second-order valence-corrected chi connectivity index (χ2v) is 6.53. The zero-order valence-corrected chi connectivity index (χ0v) is 13.2. The van der Waals surface area contributed by atoms with E-state index in [0.717, 1.165) is 44.3 Å². The molecule has 1 saturated heterocycles. The number of aryl methyl sites for hydroxylation is 1. The highest BCUT2D eigenvalue weighted by Gasteiger charge is 2.15. The summed E-state index contributed by atoms with van der Waals surface area (Å²) in [5, 5.41) is 3.27. The van der Waals surface area contributed by atoms with Gasteiger partial charge in [-0.1, -0.05) is 0 Å². The molecule has 1 aromatic heterocycles. The van der Waals surface area contributed by atoms with E-state index in [1.54, 1.807) is 11.3 Å². The van der Waals surface area contributed by atoms with E-state index < -0.39 is 0 Å². The van der Waals surface area contributed by atoms with Crippen LogP contribution in [0.15, 0.2) is 5.38 Å². The van der Waals surface area contributed by atoms with E-state index >= 15 is 0 Å². The van der Waals surface area contributed by atoms with E-state index in [4.69, 9.17) is 16.3 Å². The standard InChI is InChI=1S/C14H23ClN2OS/c1-17(9-12-4-3-7-18-10-12)6-2-5-14-16-13(8-15)11-19-14/h11-12H,2-10H2,1H3. The molecule has 0 radical (unpaired) electrons. The van der Waals surface area contributed by atoms with Gasteiger partial charge in [-0.05, 0) is 38.8 Å². The summed E-state index contributed by atoms with van der Waals surface area (Å²) >= 11 is 7.48. The van der Waals surface area contributed by atoms with Gasteiger partial charge in [0.15, 0.2) is 0 Å². The third kappa shape index (κ3) is 5.38. The molecule has 0 aliphatic carbocycles. The van der Waals surface area contributed by atoms with E-state index in [9.17, 15) is 0 Å². The van der Waals surface area contributed by atoms with Gasteiger partial charge in [-0.3, -0.25) is 0 Å². The van der Waals surface area contributed by atoms with Crippen molar-refractivity contribution in [3.8, 4) is 0 Å². The van der Waals surface area contributed by atoms with Crippen molar-refractivity contribution in [3.63, 3.8) is 0 Å². The Kier molecular flexibility index (Phi) is 6.57. The van der Waals surface area contributed by atoms with Gasteiger partial charge in [0.2, 0.25) is 0 Å². The molecule has 0 bridgehead atoms. The first-order valence-electron chi connectivity index (χ1n) is 7.03. The molecule has 1 fully saturated rings. The second kappa shape index (κ2) is 8.20. The van der Waals surface area contributed by atoms with Gasteiger partial charge in [0.1, 0.15) is 0 Å². The quantitative estimate of drug-likeness (QED) is 0.723. The van der Waals surface area contributed by atoms with Crippen LogP contribution in [0.1, 0.15) is 30.0 Å². The van der Waals surface area contributed by atoms with Crippen LogP contribution < -0.4 is 0 Å². The molecule has 0 N–H and O–H groups in total. The smallest absolute Gasteiger partial charge is 0.0929 e. The Labute approximate surface area is 124 Å². The van der Waals surface area contributed by atoms with Gasteiger partial charge in [-0.2, -0.15) is 0 Å². The highest BCUT2D eigenvalue weighted by molar-refractivity contribution is 7.09.